The third-order valence-electron chi connectivity index (χ3n) is 4.08. The fourth-order valence-electron chi connectivity index (χ4n) is 3.05. The van der Waals surface area contributed by atoms with Crippen molar-refractivity contribution in [1.82, 2.24) is 14.8 Å². The molecule has 2 aromatic heterocycles. The SMILES string of the molecule is Cc1cc(-c2ccccc2)c2c(C)nn(-c3cccc(Cl)c3)c2n1. The average Bonchev–Trinajstić information content (AvgIpc) is 2.92. The van der Waals surface area contributed by atoms with Crippen LogP contribution in [0.4, 0.5) is 0 Å². The largest absolute Gasteiger partial charge is 0.233 e. The predicted octanol–water partition coefficient (Wildman–Crippen LogP) is 5.36. The quantitative estimate of drug-likeness (QED) is 0.494. The number of pyridine rings is 1. The number of hydrogen-bond donors (Lipinski definition) is 0. The van der Waals surface area contributed by atoms with Crippen LogP contribution < -0.4 is 0 Å². The van der Waals surface area contributed by atoms with Gasteiger partial charge in [-0.3, -0.25) is 0 Å². The van der Waals surface area contributed by atoms with Crippen LogP contribution >= 0.6 is 11.6 Å². The van der Waals surface area contributed by atoms with Gasteiger partial charge in [0.1, 0.15) is 0 Å². The summed E-state index contributed by atoms with van der Waals surface area (Å²) in [5.41, 5.74) is 6.01. The molecule has 0 aliphatic rings. The van der Waals surface area contributed by atoms with Gasteiger partial charge in [-0.25, -0.2) is 9.67 Å². The Bertz CT molecular complexity index is 1040. The molecule has 24 heavy (non-hydrogen) atoms. The van der Waals surface area contributed by atoms with Crippen molar-refractivity contribution in [1.29, 1.82) is 0 Å². The monoisotopic (exact) mass is 333 g/mol. The molecule has 3 nitrogen and oxygen atoms in total. The Balaban J connectivity index is 2.05. The van der Waals surface area contributed by atoms with E-state index in [9.17, 15) is 0 Å². The second-order valence-corrected chi connectivity index (χ2v) is 6.29. The number of aromatic nitrogens is 3. The third-order valence-corrected chi connectivity index (χ3v) is 4.31. The Kier molecular flexibility index (Phi) is 3.58. The lowest BCUT2D eigenvalue weighted by Crippen LogP contribution is -1.98. The van der Waals surface area contributed by atoms with Crippen LogP contribution in [0.25, 0.3) is 27.8 Å². The summed E-state index contributed by atoms with van der Waals surface area (Å²) in [6.45, 7) is 4.03. The molecule has 0 N–H and O–H groups in total. The summed E-state index contributed by atoms with van der Waals surface area (Å²) >= 11 is 6.15. The van der Waals surface area contributed by atoms with Crippen LogP contribution in [0.1, 0.15) is 11.4 Å². The van der Waals surface area contributed by atoms with Crippen molar-refractivity contribution in [3.63, 3.8) is 0 Å². The van der Waals surface area contributed by atoms with Gasteiger partial charge in [-0.1, -0.05) is 48.0 Å². The van der Waals surface area contributed by atoms with Crippen molar-refractivity contribution in [2.75, 3.05) is 0 Å². The first-order valence-electron chi connectivity index (χ1n) is 7.82. The van der Waals surface area contributed by atoms with Crippen molar-refractivity contribution in [3.8, 4) is 16.8 Å². The number of benzene rings is 2. The molecule has 4 heteroatoms. The molecule has 0 spiro atoms. The number of fused-ring (bicyclic) bond motifs is 1. The molecular weight excluding hydrogens is 318 g/mol. The number of halogens is 1. The van der Waals surface area contributed by atoms with Gasteiger partial charge < -0.3 is 0 Å². The molecular formula is C20H16ClN3. The highest BCUT2D eigenvalue weighted by atomic mass is 35.5. The highest BCUT2D eigenvalue weighted by molar-refractivity contribution is 6.30. The van der Waals surface area contributed by atoms with E-state index in [0.717, 1.165) is 33.7 Å². The maximum atomic E-state index is 6.15. The smallest absolute Gasteiger partial charge is 0.164 e. The van der Waals surface area contributed by atoms with Gasteiger partial charge >= 0.3 is 0 Å². The zero-order valence-corrected chi connectivity index (χ0v) is 14.2. The van der Waals surface area contributed by atoms with Gasteiger partial charge in [-0.2, -0.15) is 5.10 Å². The molecule has 4 rings (SSSR count). The summed E-state index contributed by atoms with van der Waals surface area (Å²) in [5.74, 6) is 0. The highest BCUT2D eigenvalue weighted by Crippen LogP contribution is 2.32. The van der Waals surface area contributed by atoms with Crippen molar-refractivity contribution < 1.29 is 0 Å². The molecule has 0 aliphatic heterocycles. The van der Waals surface area contributed by atoms with Gasteiger partial charge in [-0.15, -0.1) is 0 Å². The lowest BCUT2D eigenvalue weighted by Gasteiger charge is -2.07. The van der Waals surface area contributed by atoms with E-state index >= 15 is 0 Å². The van der Waals surface area contributed by atoms with Crippen molar-refractivity contribution >= 4 is 22.6 Å². The van der Waals surface area contributed by atoms with Crippen LogP contribution in [0, 0.1) is 13.8 Å². The topological polar surface area (TPSA) is 30.7 Å². The van der Waals surface area contributed by atoms with E-state index in [0.29, 0.717) is 5.02 Å². The van der Waals surface area contributed by atoms with E-state index < -0.39 is 0 Å². The molecule has 0 saturated heterocycles. The Morgan fingerprint density at radius 2 is 1.71 bits per heavy atom. The van der Waals surface area contributed by atoms with Crippen LogP contribution in [0.2, 0.25) is 5.02 Å². The van der Waals surface area contributed by atoms with Crippen molar-refractivity contribution in [3.05, 3.63) is 77.1 Å². The Hall–Kier alpha value is -2.65. The molecule has 0 aliphatic carbocycles. The summed E-state index contributed by atoms with van der Waals surface area (Å²) < 4.78 is 1.87. The summed E-state index contributed by atoms with van der Waals surface area (Å²) in [6, 6.07) is 20.2. The zero-order chi connectivity index (χ0) is 16.7. The van der Waals surface area contributed by atoms with Crippen LogP contribution in [0.5, 0.6) is 0 Å². The lowest BCUT2D eigenvalue weighted by atomic mass is 10.0. The summed E-state index contributed by atoms with van der Waals surface area (Å²) in [4.78, 5) is 4.75. The minimum Gasteiger partial charge on any atom is -0.233 e. The van der Waals surface area contributed by atoms with E-state index in [1.165, 1.54) is 5.56 Å². The van der Waals surface area contributed by atoms with Crippen LogP contribution in [-0.2, 0) is 0 Å². The lowest BCUT2D eigenvalue weighted by molar-refractivity contribution is 0.875. The van der Waals surface area contributed by atoms with E-state index in [1.807, 2.05) is 61.0 Å². The van der Waals surface area contributed by atoms with E-state index in [1.54, 1.807) is 0 Å². The van der Waals surface area contributed by atoms with Gasteiger partial charge in [-0.05, 0) is 49.2 Å². The minimum atomic E-state index is 0.685. The zero-order valence-electron chi connectivity index (χ0n) is 13.5. The molecule has 0 radical (unpaired) electrons. The Morgan fingerprint density at radius 3 is 2.46 bits per heavy atom. The molecule has 2 aromatic carbocycles. The minimum absolute atomic E-state index is 0.685. The number of aryl methyl sites for hydroxylation is 2. The fourth-order valence-corrected chi connectivity index (χ4v) is 3.23. The molecule has 4 aromatic rings. The van der Waals surface area contributed by atoms with Gasteiger partial charge in [0.2, 0.25) is 0 Å². The second kappa shape index (κ2) is 5.77. The Labute approximate surface area is 145 Å². The molecule has 0 bridgehead atoms. The average molecular weight is 334 g/mol. The summed E-state index contributed by atoms with van der Waals surface area (Å²) in [6.07, 6.45) is 0. The first kappa shape index (κ1) is 14.9. The standard InChI is InChI=1S/C20H16ClN3/c1-13-11-18(15-7-4-3-5-8-15)19-14(2)23-24(20(19)22-13)17-10-6-9-16(21)12-17/h3-12H,1-2H3. The molecule has 0 fully saturated rings. The van der Waals surface area contributed by atoms with Gasteiger partial charge in [0.25, 0.3) is 0 Å². The second-order valence-electron chi connectivity index (χ2n) is 5.85. The van der Waals surface area contributed by atoms with Gasteiger partial charge in [0.05, 0.1) is 16.8 Å². The van der Waals surface area contributed by atoms with Crippen LogP contribution in [0.3, 0.4) is 0 Å². The van der Waals surface area contributed by atoms with Gasteiger partial charge in [0.15, 0.2) is 5.65 Å². The van der Waals surface area contributed by atoms with E-state index in [4.69, 9.17) is 21.7 Å². The summed E-state index contributed by atoms with van der Waals surface area (Å²) in [5, 5.41) is 6.48. The van der Waals surface area contributed by atoms with Crippen molar-refractivity contribution in [2.24, 2.45) is 0 Å². The summed E-state index contributed by atoms with van der Waals surface area (Å²) in [7, 11) is 0. The molecule has 0 saturated carbocycles. The number of nitrogens with zero attached hydrogens (tertiary/aromatic N) is 3. The molecule has 0 unspecified atom stereocenters. The predicted molar refractivity (Wildman–Crippen MR) is 98.8 cm³/mol. The maximum Gasteiger partial charge on any atom is 0.164 e. The van der Waals surface area contributed by atoms with E-state index in [-0.39, 0.29) is 0 Å². The highest BCUT2D eigenvalue weighted by Gasteiger charge is 2.16. The first-order valence-corrected chi connectivity index (χ1v) is 8.19. The molecule has 0 atom stereocenters. The van der Waals surface area contributed by atoms with Crippen LogP contribution in [-0.4, -0.2) is 14.8 Å². The van der Waals surface area contributed by atoms with E-state index in [2.05, 4.69) is 18.2 Å². The number of rotatable bonds is 2. The number of hydrogen-bond acceptors (Lipinski definition) is 2. The first-order chi connectivity index (χ1) is 11.6. The van der Waals surface area contributed by atoms with Gasteiger partial charge in [0, 0.05) is 10.7 Å². The normalized spacial score (nSPS) is 11.1. The van der Waals surface area contributed by atoms with Crippen LogP contribution in [0.15, 0.2) is 60.7 Å². The molecule has 0 amide bonds. The maximum absolute atomic E-state index is 6.15. The fraction of sp³-hybridized carbons (Fsp3) is 0.100. The molecule has 2 heterocycles. The Morgan fingerprint density at radius 1 is 0.917 bits per heavy atom. The molecule has 118 valence electrons. The van der Waals surface area contributed by atoms with Crippen molar-refractivity contribution in [2.45, 2.75) is 13.8 Å². The third kappa shape index (κ3) is 2.47.